The number of benzene rings is 1. The zero-order valence-electron chi connectivity index (χ0n) is 26.2. The van der Waals surface area contributed by atoms with Crippen molar-refractivity contribution in [2.24, 2.45) is 10.8 Å². The molecule has 2 aliphatic rings. The lowest BCUT2D eigenvalue weighted by atomic mass is 9.74. The fourth-order valence-electron chi connectivity index (χ4n) is 6.06. The average molecular weight is 677 g/mol. The lowest BCUT2D eigenvalue weighted by Gasteiger charge is -2.36. The summed E-state index contributed by atoms with van der Waals surface area (Å²) < 4.78 is 56.2. The highest BCUT2D eigenvalue weighted by atomic mass is 35.5. The average Bonchev–Trinajstić information content (AvgIpc) is 3.62. The molecule has 0 spiro atoms. The first-order chi connectivity index (χ1) is 20.4. The highest BCUT2D eigenvalue weighted by Crippen LogP contribution is 2.58. The zero-order valence-corrected chi connectivity index (χ0v) is 28.7. The molecular weight excluding hydrogens is 634 g/mol. The van der Waals surface area contributed by atoms with Crippen molar-refractivity contribution in [3.8, 4) is 0 Å². The standard InChI is InChI=1S/C31H42Cl2F3N3O4Si/c1-7-42-28(41)29(3)13-11-21(12-14-29)39-20(2)22(17-37-39)27(40)38(19-30(15-16-30)31(34,35)36)18-25(43-44(4,5)6)26-23(32)9-8-10-24(26)33/h8-10,17,21,25H,7,11-16,18-19H2,1-6H3. The van der Waals surface area contributed by atoms with Crippen molar-refractivity contribution in [3.05, 3.63) is 51.3 Å². The molecule has 1 heterocycles. The third-order valence-electron chi connectivity index (χ3n) is 8.89. The molecule has 0 saturated heterocycles. The molecule has 1 aromatic heterocycles. The van der Waals surface area contributed by atoms with E-state index in [0.29, 0.717) is 53.6 Å². The lowest BCUT2D eigenvalue weighted by Crippen LogP contribution is -2.45. The highest BCUT2D eigenvalue weighted by molar-refractivity contribution is 6.69. The van der Waals surface area contributed by atoms with Gasteiger partial charge >= 0.3 is 12.1 Å². The number of nitrogens with zero attached hydrogens (tertiary/aromatic N) is 3. The van der Waals surface area contributed by atoms with Crippen molar-refractivity contribution in [1.82, 2.24) is 14.7 Å². The van der Waals surface area contributed by atoms with Gasteiger partial charge in [-0.3, -0.25) is 14.3 Å². The van der Waals surface area contributed by atoms with Gasteiger partial charge in [-0.25, -0.2) is 0 Å². The predicted molar refractivity (Wildman–Crippen MR) is 166 cm³/mol. The van der Waals surface area contributed by atoms with E-state index in [-0.39, 0.29) is 37.0 Å². The van der Waals surface area contributed by atoms with E-state index in [2.05, 4.69) is 5.10 Å². The van der Waals surface area contributed by atoms with Gasteiger partial charge in [0.05, 0.1) is 47.9 Å². The molecule has 7 nitrogen and oxygen atoms in total. The minimum atomic E-state index is -4.46. The number of hydrogen-bond acceptors (Lipinski definition) is 5. The third kappa shape index (κ3) is 7.48. The number of rotatable bonds is 11. The summed E-state index contributed by atoms with van der Waals surface area (Å²) >= 11 is 13.1. The molecule has 2 saturated carbocycles. The van der Waals surface area contributed by atoms with Crippen LogP contribution in [-0.2, 0) is 14.0 Å². The maximum atomic E-state index is 14.2. The summed E-state index contributed by atoms with van der Waals surface area (Å²) in [5.74, 6) is -0.765. The van der Waals surface area contributed by atoms with E-state index in [0.717, 1.165) is 0 Å². The number of hydrogen-bond donors (Lipinski definition) is 0. The molecule has 0 aliphatic heterocycles. The van der Waals surface area contributed by atoms with Crippen molar-refractivity contribution in [1.29, 1.82) is 0 Å². The number of alkyl halides is 3. The van der Waals surface area contributed by atoms with E-state index >= 15 is 0 Å². The second-order valence-electron chi connectivity index (χ2n) is 13.4. The molecule has 0 radical (unpaired) electrons. The van der Waals surface area contributed by atoms with Gasteiger partial charge in [0.2, 0.25) is 0 Å². The van der Waals surface area contributed by atoms with Crippen molar-refractivity contribution in [2.45, 2.75) is 97.3 Å². The van der Waals surface area contributed by atoms with Crippen LogP contribution in [0.15, 0.2) is 24.4 Å². The van der Waals surface area contributed by atoms with Gasteiger partial charge in [-0.1, -0.05) is 29.3 Å². The molecule has 44 heavy (non-hydrogen) atoms. The van der Waals surface area contributed by atoms with Crippen LogP contribution < -0.4 is 0 Å². The number of carbonyl (C=O) groups excluding carboxylic acids is 2. The number of ether oxygens (including phenoxy) is 1. The van der Waals surface area contributed by atoms with Crippen LogP contribution in [0.1, 0.15) is 86.1 Å². The van der Waals surface area contributed by atoms with E-state index in [4.69, 9.17) is 32.4 Å². The summed E-state index contributed by atoms with van der Waals surface area (Å²) in [6.07, 6.45) is -1.43. The van der Waals surface area contributed by atoms with E-state index in [1.54, 1.807) is 36.7 Å². The Morgan fingerprint density at radius 2 is 1.73 bits per heavy atom. The fourth-order valence-corrected chi connectivity index (χ4v) is 7.75. The minimum absolute atomic E-state index is 0.0494. The summed E-state index contributed by atoms with van der Waals surface area (Å²) in [5.41, 5.74) is -1.29. The topological polar surface area (TPSA) is 73.7 Å². The van der Waals surface area contributed by atoms with Crippen molar-refractivity contribution in [3.63, 3.8) is 0 Å². The Balaban J connectivity index is 1.65. The van der Waals surface area contributed by atoms with Gasteiger partial charge in [0, 0.05) is 27.8 Å². The number of aromatic nitrogens is 2. The van der Waals surface area contributed by atoms with Crippen molar-refractivity contribution >= 4 is 43.4 Å². The van der Waals surface area contributed by atoms with Gasteiger partial charge < -0.3 is 14.1 Å². The van der Waals surface area contributed by atoms with Crippen LogP contribution in [0.5, 0.6) is 0 Å². The molecule has 244 valence electrons. The second kappa shape index (κ2) is 13.0. The van der Waals surface area contributed by atoms with E-state index in [9.17, 15) is 22.8 Å². The normalized spacial score (nSPS) is 22.4. The second-order valence-corrected chi connectivity index (χ2v) is 18.7. The van der Waals surface area contributed by atoms with E-state index in [1.165, 1.54) is 11.1 Å². The van der Waals surface area contributed by atoms with Crippen LogP contribution in [-0.4, -0.2) is 60.7 Å². The fraction of sp³-hybridized carbons (Fsp3) is 0.645. The SMILES string of the molecule is CCOC(=O)C1(C)CCC(n2ncc(C(=O)N(CC(O[Si](C)(C)C)c3c(Cl)cccc3Cl)CC3(C(F)(F)F)CC3)c2C)CC1. The summed E-state index contributed by atoms with van der Waals surface area (Å²) in [5, 5.41) is 5.16. The largest absolute Gasteiger partial charge is 0.466 e. The Labute approximate surface area is 268 Å². The maximum absolute atomic E-state index is 14.2. The molecule has 13 heteroatoms. The Morgan fingerprint density at radius 1 is 1.14 bits per heavy atom. The summed E-state index contributed by atoms with van der Waals surface area (Å²) in [6, 6.07) is 4.93. The predicted octanol–water partition coefficient (Wildman–Crippen LogP) is 8.56. The van der Waals surface area contributed by atoms with Crippen LogP contribution in [0.4, 0.5) is 13.2 Å². The minimum Gasteiger partial charge on any atom is -0.466 e. The summed E-state index contributed by atoms with van der Waals surface area (Å²) in [7, 11) is -2.29. The van der Waals surface area contributed by atoms with Crippen LogP contribution >= 0.6 is 23.2 Å². The molecule has 1 amide bonds. The third-order valence-corrected chi connectivity index (χ3v) is 10.5. The number of carbonyl (C=O) groups is 2. The van der Waals surface area contributed by atoms with E-state index < -0.39 is 43.9 Å². The number of halogens is 5. The van der Waals surface area contributed by atoms with Crippen LogP contribution in [0.3, 0.4) is 0 Å². The maximum Gasteiger partial charge on any atom is 0.396 e. The van der Waals surface area contributed by atoms with Gasteiger partial charge in [-0.2, -0.15) is 18.3 Å². The lowest BCUT2D eigenvalue weighted by molar-refractivity contribution is -0.190. The first-order valence-electron chi connectivity index (χ1n) is 15.1. The molecule has 2 fully saturated rings. The molecule has 1 aromatic carbocycles. The first kappa shape index (κ1) is 34.8. The van der Waals surface area contributed by atoms with Gasteiger partial charge in [0.1, 0.15) is 0 Å². The smallest absolute Gasteiger partial charge is 0.396 e. The van der Waals surface area contributed by atoms with Crippen LogP contribution in [0.25, 0.3) is 0 Å². The molecule has 0 N–H and O–H groups in total. The number of amides is 1. The van der Waals surface area contributed by atoms with Gasteiger partial charge in [0.25, 0.3) is 5.91 Å². The molecule has 1 atom stereocenters. The molecular formula is C31H42Cl2F3N3O4Si. The molecule has 4 rings (SSSR count). The Morgan fingerprint density at radius 3 is 2.23 bits per heavy atom. The molecule has 2 aromatic rings. The van der Waals surface area contributed by atoms with Gasteiger partial charge in [-0.05, 0) is 91.1 Å². The summed E-state index contributed by atoms with van der Waals surface area (Å²) in [4.78, 5) is 28.0. The molecule has 1 unspecified atom stereocenters. The van der Waals surface area contributed by atoms with Crippen LogP contribution in [0, 0.1) is 17.8 Å². The quantitative estimate of drug-likeness (QED) is 0.176. The Hall–Kier alpha value is -2.08. The zero-order chi connectivity index (χ0) is 32.7. The Kier molecular flexibility index (Phi) is 10.2. The van der Waals surface area contributed by atoms with Crippen LogP contribution in [0.2, 0.25) is 29.7 Å². The molecule has 2 aliphatic carbocycles. The first-order valence-corrected chi connectivity index (χ1v) is 19.3. The Bertz CT molecular complexity index is 1350. The molecule has 0 bridgehead atoms. The number of esters is 1. The van der Waals surface area contributed by atoms with Gasteiger partial charge in [-0.15, -0.1) is 0 Å². The van der Waals surface area contributed by atoms with Crippen molar-refractivity contribution in [2.75, 3.05) is 19.7 Å². The summed E-state index contributed by atoms with van der Waals surface area (Å²) in [6.45, 7) is 11.0. The monoisotopic (exact) mass is 675 g/mol. The highest BCUT2D eigenvalue weighted by Gasteiger charge is 2.64. The van der Waals surface area contributed by atoms with Crippen molar-refractivity contribution < 1.29 is 31.9 Å². The van der Waals surface area contributed by atoms with Gasteiger partial charge in [0.15, 0.2) is 8.32 Å². The van der Waals surface area contributed by atoms with E-state index in [1.807, 2.05) is 26.6 Å².